The lowest BCUT2D eigenvalue weighted by Crippen LogP contribution is -2.39. The zero-order chi connectivity index (χ0) is 19.1. The molecule has 27 heavy (non-hydrogen) atoms. The lowest BCUT2D eigenvalue weighted by atomic mass is 9.91. The van der Waals surface area contributed by atoms with Crippen molar-refractivity contribution in [1.29, 1.82) is 0 Å². The average molecular weight is 359 g/mol. The molecule has 3 heterocycles. The van der Waals surface area contributed by atoms with Crippen LogP contribution in [-0.4, -0.2) is 45.7 Å². The zero-order valence-electron chi connectivity index (χ0n) is 15.1. The summed E-state index contributed by atoms with van der Waals surface area (Å²) in [6.45, 7) is 4.03. The standard InChI is InChI=1S/C19H18BN5O2/c1-11-14-4-3-5-16(22-12(2)26)15(14)6-7-24(11)19(27)17-8-18-21-9-13(20)10-25(18)23-17/h3-5,8-11H,6-7H2,1-2H3,(H,22,26). The summed E-state index contributed by atoms with van der Waals surface area (Å²) in [5, 5.41) is 7.20. The maximum absolute atomic E-state index is 13.1. The molecule has 4 rings (SSSR count). The molecule has 8 heteroatoms. The second-order valence-electron chi connectivity index (χ2n) is 6.70. The maximum Gasteiger partial charge on any atom is 0.274 e. The summed E-state index contributed by atoms with van der Waals surface area (Å²) in [7, 11) is 5.73. The molecular weight excluding hydrogens is 341 g/mol. The van der Waals surface area contributed by atoms with Gasteiger partial charge in [0.2, 0.25) is 5.91 Å². The SMILES string of the molecule is [B]c1cnc2cc(C(=O)N3CCc4c(NC(C)=O)cccc4C3C)nn2c1. The molecule has 2 radical (unpaired) electrons. The van der Waals surface area contributed by atoms with Crippen LogP contribution in [0.25, 0.3) is 5.65 Å². The summed E-state index contributed by atoms with van der Waals surface area (Å²) in [5.41, 5.74) is 4.31. The van der Waals surface area contributed by atoms with Crippen LogP contribution in [0.3, 0.4) is 0 Å². The Morgan fingerprint density at radius 3 is 2.93 bits per heavy atom. The Hall–Kier alpha value is -3.16. The van der Waals surface area contributed by atoms with Gasteiger partial charge in [0, 0.05) is 37.6 Å². The van der Waals surface area contributed by atoms with Gasteiger partial charge in [0.1, 0.15) is 7.85 Å². The van der Waals surface area contributed by atoms with Crippen LogP contribution in [0.5, 0.6) is 0 Å². The number of hydrogen-bond donors (Lipinski definition) is 1. The largest absolute Gasteiger partial charge is 0.330 e. The van der Waals surface area contributed by atoms with Crippen molar-refractivity contribution in [3.8, 4) is 0 Å². The van der Waals surface area contributed by atoms with Gasteiger partial charge in [-0.25, -0.2) is 9.50 Å². The molecule has 2 amide bonds. The number of nitrogens with zero attached hydrogens (tertiary/aromatic N) is 4. The highest BCUT2D eigenvalue weighted by Crippen LogP contribution is 2.34. The van der Waals surface area contributed by atoms with E-state index in [0.717, 1.165) is 16.8 Å². The Labute approximate surface area is 157 Å². The van der Waals surface area contributed by atoms with Gasteiger partial charge in [-0.05, 0) is 30.5 Å². The second kappa shape index (κ2) is 6.53. The Morgan fingerprint density at radius 1 is 1.33 bits per heavy atom. The molecule has 1 aliphatic rings. The first-order valence-corrected chi connectivity index (χ1v) is 8.75. The van der Waals surface area contributed by atoms with E-state index in [9.17, 15) is 9.59 Å². The molecule has 7 nitrogen and oxygen atoms in total. The molecule has 134 valence electrons. The van der Waals surface area contributed by atoms with Crippen LogP contribution in [0.2, 0.25) is 0 Å². The molecule has 1 N–H and O–H groups in total. The average Bonchev–Trinajstić information content (AvgIpc) is 3.05. The number of fused-ring (bicyclic) bond motifs is 2. The minimum Gasteiger partial charge on any atom is -0.330 e. The number of carbonyl (C=O) groups excluding carboxylic acids is 2. The van der Waals surface area contributed by atoms with Crippen molar-refractivity contribution < 1.29 is 9.59 Å². The first-order valence-electron chi connectivity index (χ1n) is 8.75. The number of benzene rings is 1. The van der Waals surface area contributed by atoms with E-state index < -0.39 is 0 Å². The van der Waals surface area contributed by atoms with Crippen molar-refractivity contribution in [2.24, 2.45) is 0 Å². The summed E-state index contributed by atoms with van der Waals surface area (Å²) < 4.78 is 1.51. The summed E-state index contributed by atoms with van der Waals surface area (Å²) in [6.07, 6.45) is 3.84. The molecule has 1 atom stereocenters. The van der Waals surface area contributed by atoms with Gasteiger partial charge in [0.25, 0.3) is 5.91 Å². The van der Waals surface area contributed by atoms with E-state index in [1.165, 1.54) is 17.6 Å². The number of anilines is 1. The Bertz CT molecular complexity index is 1060. The lowest BCUT2D eigenvalue weighted by Gasteiger charge is -2.35. The molecule has 1 unspecified atom stereocenters. The van der Waals surface area contributed by atoms with Crippen molar-refractivity contribution in [2.75, 3.05) is 11.9 Å². The summed E-state index contributed by atoms with van der Waals surface area (Å²) >= 11 is 0. The summed E-state index contributed by atoms with van der Waals surface area (Å²) in [4.78, 5) is 30.5. The quantitative estimate of drug-likeness (QED) is 0.699. The third-order valence-corrected chi connectivity index (χ3v) is 4.86. The topological polar surface area (TPSA) is 79.6 Å². The molecule has 1 aromatic carbocycles. The first kappa shape index (κ1) is 17.3. The molecule has 3 aromatic rings. The van der Waals surface area contributed by atoms with Gasteiger partial charge >= 0.3 is 0 Å². The monoisotopic (exact) mass is 359 g/mol. The molecule has 0 aliphatic carbocycles. The van der Waals surface area contributed by atoms with E-state index >= 15 is 0 Å². The minimum atomic E-state index is -0.151. The Kier molecular flexibility index (Phi) is 4.18. The summed E-state index contributed by atoms with van der Waals surface area (Å²) in [6, 6.07) is 7.32. The molecule has 1 aliphatic heterocycles. The molecule has 0 fully saturated rings. The van der Waals surface area contributed by atoms with E-state index in [1.807, 2.05) is 25.1 Å². The van der Waals surface area contributed by atoms with Crippen LogP contribution in [0, 0.1) is 0 Å². The molecule has 0 bridgehead atoms. The van der Waals surface area contributed by atoms with Gasteiger partial charge in [-0.15, -0.1) is 0 Å². The normalized spacial score (nSPS) is 16.2. The summed E-state index contributed by atoms with van der Waals surface area (Å²) in [5.74, 6) is -0.256. The van der Waals surface area contributed by atoms with Gasteiger partial charge in [0.05, 0.1) is 6.04 Å². The highest BCUT2D eigenvalue weighted by molar-refractivity contribution is 6.31. The molecule has 2 aromatic heterocycles. The van der Waals surface area contributed by atoms with Gasteiger partial charge in [-0.3, -0.25) is 9.59 Å². The van der Waals surface area contributed by atoms with Gasteiger partial charge in [-0.2, -0.15) is 5.10 Å². The van der Waals surface area contributed by atoms with Crippen LogP contribution in [-0.2, 0) is 11.2 Å². The van der Waals surface area contributed by atoms with E-state index in [1.54, 1.807) is 17.2 Å². The van der Waals surface area contributed by atoms with E-state index in [0.29, 0.717) is 29.8 Å². The predicted octanol–water partition coefficient (Wildman–Crippen LogP) is 1.24. The number of amides is 2. The van der Waals surface area contributed by atoms with Crippen LogP contribution >= 0.6 is 0 Å². The third-order valence-electron chi connectivity index (χ3n) is 4.86. The number of carbonyl (C=O) groups is 2. The van der Waals surface area contributed by atoms with Crippen molar-refractivity contribution in [3.63, 3.8) is 0 Å². The fourth-order valence-corrected chi connectivity index (χ4v) is 3.60. The fraction of sp³-hybridized carbons (Fsp3) is 0.263. The minimum absolute atomic E-state index is 0.106. The van der Waals surface area contributed by atoms with Crippen molar-refractivity contribution in [3.05, 3.63) is 53.5 Å². The highest BCUT2D eigenvalue weighted by atomic mass is 16.2. The Morgan fingerprint density at radius 2 is 2.15 bits per heavy atom. The zero-order valence-corrected chi connectivity index (χ0v) is 15.1. The smallest absolute Gasteiger partial charge is 0.274 e. The lowest BCUT2D eigenvalue weighted by molar-refractivity contribution is -0.114. The van der Waals surface area contributed by atoms with Crippen LogP contribution in [0.4, 0.5) is 5.69 Å². The highest BCUT2D eigenvalue weighted by Gasteiger charge is 2.30. The van der Waals surface area contributed by atoms with Crippen molar-refractivity contribution >= 4 is 36.5 Å². The van der Waals surface area contributed by atoms with Crippen LogP contribution in [0.15, 0.2) is 36.7 Å². The Balaban J connectivity index is 1.65. The fourth-order valence-electron chi connectivity index (χ4n) is 3.60. The van der Waals surface area contributed by atoms with E-state index in [2.05, 4.69) is 15.4 Å². The van der Waals surface area contributed by atoms with Crippen LogP contribution in [0.1, 0.15) is 41.5 Å². The van der Waals surface area contributed by atoms with Crippen molar-refractivity contribution in [2.45, 2.75) is 26.3 Å². The second-order valence-corrected chi connectivity index (χ2v) is 6.70. The third kappa shape index (κ3) is 3.07. The first-order chi connectivity index (χ1) is 12.9. The van der Waals surface area contributed by atoms with Gasteiger partial charge in [-0.1, -0.05) is 17.6 Å². The molecule has 0 saturated heterocycles. The number of nitrogens with one attached hydrogen (secondary N) is 1. The predicted molar refractivity (Wildman–Crippen MR) is 102 cm³/mol. The number of hydrogen-bond acceptors (Lipinski definition) is 4. The molecule has 0 spiro atoms. The van der Waals surface area contributed by atoms with Crippen LogP contribution < -0.4 is 10.8 Å². The van der Waals surface area contributed by atoms with Crippen molar-refractivity contribution in [1.82, 2.24) is 19.5 Å². The molecular formula is C19H18BN5O2. The molecule has 0 saturated carbocycles. The maximum atomic E-state index is 13.1. The van der Waals surface area contributed by atoms with Gasteiger partial charge in [0.15, 0.2) is 11.3 Å². The van der Waals surface area contributed by atoms with E-state index in [-0.39, 0.29) is 17.9 Å². The van der Waals surface area contributed by atoms with E-state index in [4.69, 9.17) is 7.85 Å². The van der Waals surface area contributed by atoms with Gasteiger partial charge < -0.3 is 10.2 Å². The number of rotatable bonds is 2. The number of aromatic nitrogens is 3.